The van der Waals surface area contributed by atoms with Gasteiger partial charge in [-0.3, -0.25) is 13.7 Å². The van der Waals surface area contributed by atoms with Crippen LogP contribution in [0.5, 0.6) is 5.75 Å². The average molecular weight is 784 g/mol. The minimum absolute atomic E-state index is 0.0215. The van der Waals surface area contributed by atoms with Crippen LogP contribution in [-0.4, -0.2) is 73.6 Å². The molecule has 0 bridgehead atoms. The first-order valence-corrected chi connectivity index (χ1v) is 19.8. The summed E-state index contributed by atoms with van der Waals surface area (Å²) in [6.45, 7) is 1.37. The summed E-state index contributed by atoms with van der Waals surface area (Å²) in [5, 5.41) is 23.1. The molecule has 19 nitrogen and oxygen atoms in total. The molecule has 0 atom stereocenters. The van der Waals surface area contributed by atoms with E-state index in [4.69, 9.17) is 0 Å². The molecule has 0 aliphatic rings. The molecule has 4 aromatic carbocycles. The van der Waals surface area contributed by atoms with Gasteiger partial charge in [0.25, 0.3) is 30.4 Å². The summed E-state index contributed by atoms with van der Waals surface area (Å²) in [6, 6.07) is 10.5. The number of azo groups is 1. The van der Waals surface area contributed by atoms with Crippen LogP contribution in [-0.2, 0) is 40.2 Å². The van der Waals surface area contributed by atoms with E-state index < -0.39 is 101 Å². The van der Waals surface area contributed by atoms with Crippen molar-refractivity contribution in [3.63, 3.8) is 0 Å². The number of nitrogens with zero attached hydrogens (tertiary/aromatic N) is 5. The molecule has 0 saturated carbocycles. The van der Waals surface area contributed by atoms with Gasteiger partial charge < -0.3 is 15.7 Å². The number of halogens is 1. The Morgan fingerprint density at radius 2 is 1.29 bits per heavy atom. The summed E-state index contributed by atoms with van der Waals surface area (Å²) < 4.78 is 139. The highest BCUT2D eigenvalue weighted by atomic mass is 32.2. The van der Waals surface area contributed by atoms with Crippen molar-refractivity contribution in [2.45, 2.75) is 26.5 Å². The first kappa shape index (κ1) is 37.0. The lowest BCUT2D eigenvalue weighted by Crippen LogP contribution is -2.08. The molecule has 1 aromatic heterocycles. The summed E-state index contributed by atoms with van der Waals surface area (Å²) in [4.78, 5) is 8.54. The van der Waals surface area contributed by atoms with E-state index >= 15 is 0 Å². The molecule has 0 unspecified atom stereocenters. The van der Waals surface area contributed by atoms with E-state index in [9.17, 15) is 56.8 Å². The number of phenols is 1. The number of rotatable bonds is 10. The number of aromatic nitrogens is 3. The van der Waals surface area contributed by atoms with Crippen LogP contribution in [0.3, 0.4) is 0 Å². The quantitative estimate of drug-likeness (QED) is 0.0853. The van der Waals surface area contributed by atoms with Crippen LogP contribution in [0.2, 0.25) is 0 Å². The second-order valence-corrected chi connectivity index (χ2v) is 16.7. The highest BCUT2D eigenvalue weighted by Crippen LogP contribution is 2.45. The van der Waals surface area contributed by atoms with Gasteiger partial charge in [0.1, 0.15) is 10.6 Å². The van der Waals surface area contributed by atoms with Gasteiger partial charge in [0.15, 0.2) is 15.6 Å². The van der Waals surface area contributed by atoms with Crippen LogP contribution in [0, 0.1) is 13.0 Å². The van der Waals surface area contributed by atoms with Gasteiger partial charge in [-0.1, -0.05) is 0 Å². The number of aromatic hydroxyl groups is 1. The van der Waals surface area contributed by atoms with E-state index in [1.165, 1.54) is 43.3 Å². The molecule has 0 fully saturated rings. The normalized spacial score (nSPS) is 12.7. The highest BCUT2D eigenvalue weighted by Gasteiger charge is 2.26. The first-order chi connectivity index (χ1) is 23.5. The Kier molecular flexibility index (Phi) is 9.54. The maximum Gasteiger partial charge on any atom is 0.315 e. The first-order valence-electron chi connectivity index (χ1n) is 13.5. The summed E-state index contributed by atoms with van der Waals surface area (Å²) in [5.74, 6) is -2.14. The van der Waals surface area contributed by atoms with Gasteiger partial charge >= 0.3 is 6.08 Å². The number of benzene rings is 4. The van der Waals surface area contributed by atoms with Crippen molar-refractivity contribution in [1.29, 1.82) is 0 Å². The zero-order chi connectivity index (χ0) is 37.7. The molecule has 0 radical (unpaired) electrons. The SMILES string of the molecule is Cc1cc(Nc2nc(F)nc(Nc3cc(S(=O)(=O)O)cc4cc(S(=O)(=O)O)c(N=Nc5ccc(S(C)(=O)=O)cc5)c(O)c34)n2)ccc1S(=O)(=O)O. The second-order valence-electron chi connectivity index (χ2n) is 10.5. The van der Waals surface area contributed by atoms with E-state index in [1.54, 1.807) is 0 Å². The smallest absolute Gasteiger partial charge is 0.315 e. The molecule has 0 saturated heterocycles. The summed E-state index contributed by atoms with van der Waals surface area (Å²) in [7, 11) is -18.4. The van der Waals surface area contributed by atoms with Crippen LogP contribution < -0.4 is 10.6 Å². The molecule has 5 aromatic rings. The van der Waals surface area contributed by atoms with Crippen molar-refractivity contribution in [2.24, 2.45) is 10.2 Å². The zero-order valence-corrected chi connectivity index (χ0v) is 28.8. The second kappa shape index (κ2) is 13.1. The number of fused-ring (bicyclic) bond motifs is 1. The minimum atomic E-state index is -5.22. The predicted molar refractivity (Wildman–Crippen MR) is 176 cm³/mol. The molecule has 24 heteroatoms. The largest absolute Gasteiger partial charge is 0.505 e. The molecular formula is C27H22FN7O12S4. The molecule has 0 amide bonds. The molecule has 51 heavy (non-hydrogen) atoms. The van der Waals surface area contributed by atoms with E-state index in [0.717, 1.165) is 24.5 Å². The Balaban J connectivity index is 1.65. The highest BCUT2D eigenvalue weighted by molar-refractivity contribution is 7.90. The number of nitrogens with one attached hydrogen (secondary N) is 2. The van der Waals surface area contributed by atoms with E-state index in [1.807, 2.05) is 0 Å². The average Bonchev–Trinajstić information content (AvgIpc) is 2.98. The number of hydrogen-bond acceptors (Lipinski definition) is 16. The summed E-state index contributed by atoms with van der Waals surface area (Å²) in [6.07, 6.45) is -0.434. The summed E-state index contributed by atoms with van der Waals surface area (Å²) >= 11 is 0. The summed E-state index contributed by atoms with van der Waals surface area (Å²) in [5.41, 5.74) is -1.13. The third kappa shape index (κ3) is 8.39. The monoisotopic (exact) mass is 783 g/mol. The van der Waals surface area contributed by atoms with Crippen molar-refractivity contribution >= 4 is 85.6 Å². The van der Waals surface area contributed by atoms with Crippen molar-refractivity contribution < 1.29 is 56.8 Å². The van der Waals surface area contributed by atoms with Crippen LogP contribution >= 0.6 is 0 Å². The third-order valence-corrected chi connectivity index (χ3v) is 10.6. The lowest BCUT2D eigenvalue weighted by Gasteiger charge is -2.15. The fourth-order valence-electron chi connectivity index (χ4n) is 4.60. The Bertz CT molecular complexity index is 2730. The number of sulfone groups is 1. The fraction of sp³-hybridized carbons (Fsp3) is 0.0741. The van der Waals surface area contributed by atoms with Gasteiger partial charge in [-0.15, -0.1) is 5.11 Å². The van der Waals surface area contributed by atoms with E-state index in [2.05, 4.69) is 35.8 Å². The van der Waals surface area contributed by atoms with Gasteiger partial charge in [0.2, 0.25) is 11.9 Å². The Labute approximate surface area is 288 Å². The molecule has 5 rings (SSSR count). The van der Waals surface area contributed by atoms with Crippen LogP contribution in [0.25, 0.3) is 10.8 Å². The number of aryl methyl sites for hydroxylation is 1. The van der Waals surface area contributed by atoms with Crippen molar-refractivity contribution in [1.82, 2.24) is 15.0 Å². The fourth-order valence-corrected chi connectivity index (χ4v) is 7.13. The predicted octanol–water partition coefficient (Wildman–Crippen LogP) is 4.22. The Morgan fingerprint density at radius 3 is 1.84 bits per heavy atom. The molecule has 0 spiro atoms. The van der Waals surface area contributed by atoms with Crippen LogP contribution in [0.1, 0.15) is 5.56 Å². The number of phenolic OH excluding ortho intramolecular Hbond substituents is 1. The van der Waals surface area contributed by atoms with Gasteiger partial charge in [-0.25, -0.2) is 8.42 Å². The molecule has 0 aliphatic heterocycles. The van der Waals surface area contributed by atoms with Gasteiger partial charge in [0, 0.05) is 17.3 Å². The number of anilines is 4. The van der Waals surface area contributed by atoms with Gasteiger partial charge in [-0.2, -0.15) is 49.7 Å². The van der Waals surface area contributed by atoms with Crippen LogP contribution in [0.15, 0.2) is 90.5 Å². The maximum absolute atomic E-state index is 14.6. The minimum Gasteiger partial charge on any atom is -0.505 e. The Hall–Kier alpha value is -5.24. The zero-order valence-electron chi connectivity index (χ0n) is 25.6. The van der Waals surface area contributed by atoms with E-state index in [-0.39, 0.29) is 21.8 Å². The van der Waals surface area contributed by atoms with Crippen LogP contribution in [0.4, 0.5) is 39.0 Å². The Morgan fingerprint density at radius 1 is 0.686 bits per heavy atom. The molecule has 0 aliphatic carbocycles. The standard InChI is InChI=1S/C27H22FN7O12S4/c1-13-9-16(5-8-20(13)50(42,43)44)29-26-31-25(28)32-27(33-26)30-19-12-18(49(39,40)41)10-14-11-21(51(45,46)47)23(24(36)22(14)19)35-34-15-3-6-17(7-4-15)48(2,37)38/h3-12,36H,1-2H3,(H,39,40,41)(H,42,43,44)(H,45,46,47)(H2,29,30,31,32,33). The molecule has 1 heterocycles. The van der Waals surface area contributed by atoms with Gasteiger partial charge in [0.05, 0.1) is 26.1 Å². The topological polar surface area (TPSA) is 305 Å². The van der Waals surface area contributed by atoms with Crippen molar-refractivity contribution in [3.8, 4) is 5.75 Å². The lowest BCUT2D eigenvalue weighted by atomic mass is 10.1. The third-order valence-electron chi connectivity index (χ3n) is 6.79. The molecular weight excluding hydrogens is 762 g/mol. The van der Waals surface area contributed by atoms with Gasteiger partial charge in [-0.05, 0) is 78.5 Å². The maximum atomic E-state index is 14.6. The molecule has 268 valence electrons. The lowest BCUT2D eigenvalue weighted by molar-refractivity contribution is 0.472. The number of hydrogen-bond donors (Lipinski definition) is 6. The molecule has 6 N–H and O–H groups in total. The van der Waals surface area contributed by atoms with Crippen molar-refractivity contribution in [3.05, 3.63) is 72.3 Å². The van der Waals surface area contributed by atoms with Crippen molar-refractivity contribution in [2.75, 3.05) is 16.9 Å². The van der Waals surface area contributed by atoms with E-state index in [0.29, 0.717) is 6.07 Å².